The van der Waals surface area contributed by atoms with Gasteiger partial charge in [0.15, 0.2) is 0 Å². The number of aliphatic carboxylic acids is 1. The van der Waals surface area contributed by atoms with E-state index in [1.54, 1.807) is 6.08 Å². The number of carbonyl (C=O) groups excluding carboxylic acids is 1. The first-order valence-corrected chi connectivity index (χ1v) is 8.87. The molecule has 0 aromatic carbocycles. The summed E-state index contributed by atoms with van der Waals surface area (Å²) in [5.74, 6) is -0.435. The number of allylic oxidation sites excluding steroid dienone is 3. The summed E-state index contributed by atoms with van der Waals surface area (Å²) in [5.41, 5.74) is 1.73. The first-order chi connectivity index (χ1) is 11.3. The highest BCUT2D eigenvalue weighted by atomic mass is 16.5. The number of carbonyl (C=O) groups is 2. The molecule has 0 aromatic rings. The van der Waals surface area contributed by atoms with Crippen molar-refractivity contribution in [3.63, 3.8) is 0 Å². The summed E-state index contributed by atoms with van der Waals surface area (Å²) in [4.78, 5) is 23.4. The quantitative estimate of drug-likeness (QED) is 0.615. The molecule has 3 rings (SSSR count). The van der Waals surface area contributed by atoms with E-state index in [4.69, 9.17) is 4.74 Å². The molecule has 131 valence electrons. The van der Waals surface area contributed by atoms with Crippen LogP contribution in [0.1, 0.15) is 52.4 Å². The van der Waals surface area contributed by atoms with Gasteiger partial charge in [-0.3, -0.25) is 4.79 Å². The van der Waals surface area contributed by atoms with Gasteiger partial charge in [0, 0.05) is 6.08 Å². The van der Waals surface area contributed by atoms with Gasteiger partial charge in [0.25, 0.3) is 0 Å². The lowest BCUT2D eigenvalue weighted by Crippen LogP contribution is -2.54. The smallest absolute Gasteiger partial charge is 0.330 e. The van der Waals surface area contributed by atoms with Crippen LogP contribution in [0.25, 0.3) is 0 Å². The van der Waals surface area contributed by atoms with Crippen LogP contribution in [-0.2, 0) is 14.3 Å². The third kappa shape index (κ3) is 2.60. The summed E-state index contributed by atoms with van der Waals surface area (Å²) in [7, 11) is 1.40. The molecule has 1 unspecified atom stereocenters. The number of hydrogen-bond acceptors (Lipinski definition) is 3. The van der Waals surface area contributed by atoms with E-state index in [-0.39, 0.29) is 17.3 Å². The van der Waals surface area contributed by atoms with Crippen LogP contribution in [0.3, 0.4) is 0 Å². The van der Waals surface area contributed by atoms with Crippen molar-refractivity contribution in [2.75, 3.05) is 7.11 Å². The molecule has 2 saturated carbocycles. The Morgan fingerprint density at radius 1 is 1.33 bits per heavy atom. The average molecular weight is 331 g/mol. The van der Waals surface area contributed by atoms with Gasteiger partial charge in [0.1, 0.15) is 0 Å². The molecule has 0 aromatic heterocycles. The number of ether oxygens (including phenoxy) is 1. The van der Waals surface area contributed by atoms with Gasteiger partial charge in [-0.1, -0.05) is 25.0 Å². The van der Waals surface area contributed by atoms with Crippen molar-refractivity contribution in [1.82, 2.24) is 0 Å². The average Bonchev–Trinajstić information content (AvgIpc) is 2.54. The largest absolute Gasteiger partial charge is 0.481 e. The van der Waals surface area contributed by atoms with E-state index in [9.17, 15) is 14.7 Å². The second kappa shape index (κ2) is 6.05. The van der Waals surface area contributed by atoms with Gasteiger partial charge < -0.3 is 9.84 Å². The van der Waals surface area contributed by atoms with E-state index in [2.05, 4.69) is 19.4 Å². The molecule has 3 aliphatic rings. The Labute approximate surface area is 144 Å². The van der Waals surface area contributed by atoms with Crippen LogP contribution in [-0.4, -0.2) is 24.2 Å². The van der Waals surface area contributed by atoms with Gasteiger partial charge in [-0.2, -0.15) is 0 Å². The van der Waals surface area contributed by atoms with Crippen molar-refractivity contribution < 1.29 is 19.4 Å². The summed E-state index contributed by atoms with van der Waals surface area (Å²) < 4.78 is 4.73. The lowest BCUT2D eigenvalue weighted by atomic mass is 9.46. The monoisotopic (exact) mass is 331 g/mol. The Kier molecular flexibility index (Phi) is 4.35. The Hall–Kier alpha value is -1.58. The number of hydrogen-bond donors (Lipinski definition) is 1. The van der Waals surface area contributed by atoms with Gasteiger partial charge in [-0.25, -0.2) is 4.79 Å². The summed E-state index contributed by atoms with van der Waals surface area (Å²) in [6.07, 6.45) is 11.4. The second-order valence-electron chi connectivity index (χ2n) is 8.05. The van der Waals surface area contributed by atoms with E-state index in [0.29, 0.717) is 5.92 Å². The highest BCUT2D eigenvalue weighted by Crippen LogP contribution is 2.62. The highest BCUT2D eigenvalue weighted by molar-refractivity contribution is 5.83. The number of rotatable bonds is 2. The van der Waals surface area contributed by atoms with E-state index in [0.717, 1.165) is 44.1 Å². The Morgan fingerprint density at radius 3 is 2.75 bits per heavy atom. The molecule has 4 atom stereocenters. The van der Waals surface area contributed by atoms with Crippen LogP contribution >= 0.6 is 0 Å². The van der Waals surface area contributed by atoms with Crippen LogP contribution in [0.5, 0.6) is 0 Å². The number of methoxy groups -OCH3 is 1. The predicted octanol–water partition coefficient (Wildman–Crippen LogP) is 3.93. The van der Waals surface area contributed by atoms with Crippen molar-refractivity contribution in [3.8, 4) is 0 Å². The van der Waals surface area contributed by atoms with E-state index >= 15 is 0 Å². The van der Waals surface area contributed by atoms with Crippen molar-refractivity contribution in [3.05, 3.63) is 29.7 Å². The first-order valence-electron chi connectivity index (χ1n) is 8.87. The minimum Gasteiger partial charge on any atom is -0.481 e. The maximum atomic E-state index is 11.9. The van der Waals surface area contributed by atoms with Gasteiger partial charge in [-0.05, 0) is 68.3 Å². The molecule has 3 aliphatic carbocycles. The molecule has 0 heterocycles. The zero-order valence-corrected chi connectivity index (χ0v) is 14.8. The molecule has 0 amide bonds. The minimum absolute atomic E-state index is 0.00622. The zero-order valence-electron chi connectivity index (χ0n) is 14.8. The topological polar surface area (TPSA) is 63.6 Å². The summed E-state index contributed by atoms with van der Waals surface area (Å²) in [6.45, 7) is 4.20. The van der Waals surface area contributed by atoms with Gasteiger partial charge in [0.2, 0.25) is 0 Å². The molecule has 0 spiro atoms. The number of carboxylic acids is 1. The molecule has 1 N–H and O–H groups in total. The maximum absolute atomic E-state index is 11.9. The predicted molar refractivity (Wildman–Crippen MR) is 91.0 cm³/mol. The van der Waals surface area contributed by atoms with Crippen molar-refractivity contribution >= 4 is 11.9 Å². The minimum atomic E-state index is -0.663. The zero-order chi connectivity index (χ0) is 17.5. The van der Waals surface area contributed by atoms with E-state index < -0.39 is 11.4 Å². The van der Waals surface area contributed by atoms with Crippen LogP contribution in [0.2, 0.25) is 0 Å². The standard InChI is InChI=1S/C20H27O4/c1-19-9-4-10-20(2,18(22)23)16(19)8-6-14-11-13(5-7-15(14)19)12-17(21)24-3/h8,11-12,15-16H,4-7,9-10H2,1-3H3,(H,22,23)/b13-12-/t15-,16?,19+,20-/m0/s1. The second-order valence-corrected chi connectivity index (χ2v) is 8.05. The number of carboxylic acid groups (broad SMARTS) is 1. The van der Waals surface area contributed by atoms with E-state index in [1.807, 2.05) is 6.92 Å². The van der Waals surface area contributed by atoms with Gasteiger partial charge in [-0.15, -0.1) is 0 Å². The molecule has 0 saturated heterocycles. The number of fused-ring (bicyclic) bond motifs is 3. The SMILES string of the molecule is COC(=O)/C=C1\C=C2C[CH]C3[C@](C)(CCC[C@]3(C)C(=O)O)[C@H]2CC1. The third-order valence-electron chi connectivity index (χ3n) is 6.73. The first kappa shape index (κ1) is 17.2. The molecule has 1 radical (unpaired) electrons. The van der Waals surface area contributed by atoms with Gasteiger partial charge in [0.05, 0.1) is 12.5 Å². The molecule has 4 heteroatoms. The van der Waals surface area contributed by atoms with Crippen molar-refractivity contribution in [2.45, 2.75) is 52.4 Å². The fourth-order valence-corrected chi connectivity index (χ4v) is 5.48. The Balaban J connectivity index is 1.92. The normalized spacial score (nSPS) is 40.3. The molecule has 24 heavy (non-hydrogen) atoms. The van der Waals surface area contributed by atoms with Crippen molar-refractivity contribution in [2.24, 2.45) is 22.7 Å². The fraction of sp³-hybridized carbons (Fsp3) is 0.650. The summed E-state index contributed by atoms with van der Waals surface area (Å²) in [6, 6.07) is 0. The van der Waals surface area contributed by atoms with Crippen LogP contribution in [0, 0.1) is 29.1 Å². The lowest BCUT2D eigenvalue weighted by Gasteiger charge is -2.58. The van der Waals surface area contributed by atoms with Crippen LogP contribution < -0.4 is 0 Å². The Bertz CT molecular complexity index is 617. The summed E-state index contributed by atoms with van der Waals surface area (Å²) in [5, 5.41) is 9.82. The molecular formula is C20H27O4. The van der Waals surface area contributed by atoms with Crippen molar-refractivity contribution in [1.29, 1.82) is 0 Å². The maximum Gasteiger partial charge on any atom is 0.330 e. The number of esters is 1. The molecule has 4 nitrogen and oxygen atoms in total. The lowest BCUT2D eigenvalue weighted by molar-refractivity contribution is -0.160. The summed E-state index contributed by atoms with van der Waals surface area (Å²) >= 11 is 0. The Morgan fingerprint density at radius 2 is 2.08 bits per heavy atom. The van der Waals surface area contributed by atoms with Gasteiger partial charge >= 0.3 is 11.9 Å². The molecule has 0 aliphatic heterocycles. The molecule has 0 bridgehead atoms. The highest BCUT2D eigenvalue weighted by Gasteiger charge is 2.57. The van der Waals surface area contributed by atoms with Crippen LogP contribution in [0.4, 0.5) is 0 Å². The molecular weight excluding hydrogens is 304 g/mol. The van der Waals surface area contributed by atoms with Crippen LogP contribution in [0.15, 0.2) is 23.3 Å². The fourth-order valence-electron chi connectivity index (χ4n) is 5.48. The third-order valence-corrected chi connectivity index (χ3v) is 6.73. The molecule has 2 fully saturated rings. The van der Waals surface area contributed by atoms with E-state index in [1.165, 1.54) is 12.7 Å².